The Morgan fingerprint density at radius 1 is 0.594 bits per heavy atom. The summed E-state index contributed by atoms with van der Waals surface area (Å²) in [4.78, 5) is 196. The van der Waals surface area contributed by atoms with Gasteiger partial charge in [0.2, 0.25) is 59.1 Å². The topological polar surface area (TPSA) is 574 Å². The standard InChI is InChI=1S/C60H88N18O18/c1-4-31(2)47(56(92)73-39(23-33-11-6-5-7-12-33)52(88)76-48(32(3)80)58(94)78-22-10-15-44(78)54(90)70-38(59(95)96)17-19-46(83)84)75-53(89)42(28-79)74-51(87)40(24-34-26-64-29-67-34)71-49(85)37(13-8-20-66-60(62)63)69-50(86)41(25-35-27-65-30-68-35)72-55(91)43-14-9-21-77(43)57(93)36(61)16-18-45(81)82/h5-7,11-12,26-27,29-32,36-44,47-48,79-80H,4,8-10,13-25,28,61H2,1-3H3,(H,64,67)(H,65,68)(H,69,86)(H,70,90)(H,71,85)(H,72,91)(H,73,92)(H,74,87)(H,75,89)(H,76,88)(H,81,82)(H,83,84)(H,95,96)(H4,62,63,66)/t31-,32+,36-,37-,38-,39-,40-,41-,42-,43-,44-,47-,48-/m0/s1. The van der Waals surface area contributed by atoms with Gasteiger partial charge < -0.3 is 105 Å². The van der Waals surface area contributed by atoms with E-state index in [-0.39, 0.29) is 95.5 Å². The fourth-order valence-corrected chi connectivity index (χ4v) is 10.8. The van der Waals surface area contributed by atoms with Crippen LogP contribution >= 0.6 is 0 Å². The quantitative estimate of drug-likeness (QED) is 0.0144. The molecule has 10 amide bonds. The summed E-state index contributed by atoms with van der Waals surface area (Å²) in [6, 6.07) is -8.08. The smallest absolute Gasteiger partial charge is 0.326 e. The molecule has 526 valence electrons. The predicted molar refractivity (Wildman–Crippen MR) is 337 cm³/mol. The molecular formula is C60H88N18O18. The summed E-state index contributed by atoms with van der Waals surface area (Å²) in [5.74, 6) is -14.2. The van der Waals surface area contributed by atoms with Crippen molar-refractivity contribution in [3.8, 4) is 0 Å². The lowest BCUT2D eigenvalue weighted by Gasteiger charge is -2.32. The Morgan fingerprint density at radius 3 is 1.57 bits per heavy atom. The Bertz CT molecular complexity index is 3190. The summed E-state index contributed by atoms with van der Waals surface area (Å²) in [7, 11) is 0. The number of H-pyrrole nitrogens is 2. The van der Waals surface area contributed by atoms with E-state index in [0.717, 1.165) is 4.90 Å². The van der Waals surface area contributed by atoms with Gasteiger partial charge in [0.25, 0.3) is 0 Å². The third-order valence-electron chi connectivity index (χ3n) is 16.3. The number of hydrogen-bond donors (Lipinski definition) is 18. The third-order valence-corrected chi connectivity index (χ3v) is 16.3. The van der Waals surface area contributed by atoms with Crippen LogP contribution in [0.25, 0.3) is 0 Å². The van der Waals surface area contributed by atoms with Crippen molar-refractivity contribution in [3.63, 3.8) is 0 Å². The van der Waals surface area contributed by atoms with Crippen LogP contribution < -0.4 is 59.7 Å². The number of amides is 10. The van der Waals surface area contributed by atoms with Crippen LogP contribution in [0.15, 0.2) is 60.4 Å². The molecular weight excluding hydrogens is 1260 g/mol. The van der Waals surface area contributed by atoms with Crippen LogP contribution in [0.4, 0.5) is 0 Å². The monoisotopic (exact) mass is 1350 g/mol. The Balaban J connectivity index is 1.35. The highest BCUT2D eigenvalue weighted by Crippen LogP contribution is 2.22. The molecule has 36 nitrogen and oxygen atoms in total. The lowest BCUT2D eigenvalue weighted by molar-refractivity contribution is -0.146. The first-order chi connectivity index (χ1) is 45.6. The number of aliphatic hydroxyl groups is 2. The van der Waals surface area contributed by atoms with Crippen molar-refractivity contribution in [1.29, 1.82) is 0 Å². The van der Waals surface area contributed by atoms with E-state index in [2.05, 4.69) is 67.5 Å². The molecule has 3 aromatic rings. The Labute approximate surface area is 551 Å². The number of carboxylic acids is 3. The number of carbonyl (C=O) groups is 13. The van der Waals surface area contributed by atoms with Crippen LogP contribution in [-0.2, 0) is 81.6 Å². The molecule has 0 unspecified atom stereocenters. The van der Waals surface area contributed by atoms with Crippen LogP contribution in [0.3, 0.4) is 0 Å². The summed E-state index contributed by atoms with van der Waals surface area (Å²) in [6.07, 6.45) is 2.32. The van der Waals surface area contributed by atoms with Gasteiger partial charge in [-0.2, -0.15) is 0 Å². The molecule has 4 heterocycles. The SMILES string of the molecule is CC[C@H](C)[C@H](NC(=O)[C@H](CO)NC(=O)[C@H](Cc1cnc[nH]1)NC(=O)[C@H](CCCN=C(N)N)NC(=O)[C@H](Cc1cnc[nH]1)NC(=O)[C@@H]1CCCN1C(=O)[C@@H](N)CCC(=O)O)C(=O)N[C@@H](Cc1ccccc1)C(=O)N[C@H](C(=O)N1CCC[C@H]1C(=O)N[C@@H](CCC(=O)O)C(=O)O)[C@@H](C)O. The van der Waals surface area contributed by atoms with Gasteiger partial charge in [-0.05, 0) is 69.8 Å². The molecule has 96 heavy (non-hydrogen) atoms. The molecule has 21 N–H and O–H groups in total. The number of aromatic amines is 2. The number of nitrogens with two attached hydrogens (primary N) is 3. The summed E-state index contributed by atoms with van der Waals surface area (Å²) in [5.41, 5.74) is 18.3. The van der Waals surface area contributed by atoms with Crippen LogP contribution in [0.5, 0.6) is 0 Å². The number of nitrogens with zero attached hydrogens (tertiary/aromatic N) is 5. The summed E-state index contributed by atoms with van der Waals surface area (Å²) < 4.78 is 0. The number of guanidine groups is 1. The second-order valence-corrected chi connectivity index (χ2v) is 23.5. The molecule has 0 aliphatic carbocycles. The number of imidazole rings is 2. The van der Waals surface area contributed by atoms with Crippen LogP contribution in [-0.4, -0.2) is 237 Å². The maximum atomic E-state index is 14.6. The number of aliphatic carboxylic acids is 3. The average Bonchev–Trinajstić information content (AvgIpc) is 1.60. The van der Waals surface area contributed by atoms with E-state index in [1.807, 2.05) is 0 Å². The minimum Gasteiger partial charge on any atom is -0.481 e. The molecule has 2 fully saturated rings. The Hall–Kier alpha value is -10.1. The summed E-state index contributed by atoms with van der Waals surface area (Å²) in [6.45, 7) is 3.43. The van der Waals surface area contributed by atoms with Gasteiger partial charge in [0, 0.05) is 75.5 Å². The minimum absolute atomic E-state index is 0.0354. The third kappa shape index (κ3) is 23.4. The zero-order chi connectivity index (χ0) is 70.8. The molecule has 0 saturated carbocycles. The Kier molecular flexibility index (Phi) is 30.1. The number of aromatic nitrogens is 4. The first-order valence-corrected chi connectivity index (χ1v) is 31.4. The van der Waals surface area contributed by atoms with Crippen molar-refractivity contribution in [2.24, 2.45) is 28.1 Å². The zero-order valence-electron chi connectivity index (χ0n) is 53.4. The highest BCUT2D eigenvalue weighted by atomic mass is 16.4. The summed E-state index contributed by atoms with van der Waals surface area (Å²) >= 11 is 0. The van der Waals surface area contributed by atoms with E-state index < -0.39 is 181 Å². The largest absolute Gasteiger partial charge is 0.481 e. The number of likely N-dealkylation sites (tertiary alicyclic amines) is 2. The van der Waals surface area contributed by atoms with E-state index >= 15 is 0 Å². The average molecular weight is 1350 g/mol. The number of carbonyl (C=O) groups excluding carboxylic acids is 10. The number of aliphatic imine (C=N–C) groups is 1. The zero-order valence-corrected chi connectivity index (χ0v) is 53.4. The number of nitrogens with one attached hydrogen (secondary N) is 10. The van der Waals surface area contributed by atoms with Gasteiger partial charge in [-0.3, -0.25) is 62.5 Å². The fourth-order valence-electron chi connectivity index (χ4n) is 10.8. The number of aliphatic hydroxyl groups excluding tert-OH is 2. The number of benzene rings is 1. The molecule has 2 saturated heterocycles. The minimum atomic E-state index is -1.83. The highest BCUT2D eigenvalue weighted by molar-refractivity contribution is 5.99. The first-order valence-electron chi connectivity index (χ1n) is 31.4. The molecule has 13 atom stereocenters. The molecule has 2 aliphatic rings. The van der Waals surface area contributed by atoms with Gasteiger partial charge in [-0.1, -0.05) is 50.6 Å². The predicted octanol–water partition coefficient (Wildman–Crippen LogP) is -5.36. The van der Waals surface area contributed by atoms with Crippen molar-refractivity contribution in [3.05, 3.63) is 72.3 Å². The number of hydrogen-bond acceptors (Lipinski definition) is 19. The maximum Gasteiger partial charge on any atom is 0.326 e. The van der Waals surface area contributed by atoms with Crippen LogP contribution in [0.1, 0.15) is 108 Å². The van der Waals surface area contributed by atoms with Crippen molar-refractivity contribution >= 4 is 82.9 Å². The molecule has 1 aromatic carbocycles. The van der Waals surface area contributed by atoms with Crippen LogP contribution in [0.2, 0.25) is 0 Å². The van der Waals surface area contributed by atoms with E-state index in [4.69, 9.17) is 27.4 Å². The maximum absolute atomic E-state index is 14.6. The van der Waals surface area contributed by atoms with Crippen molar-refractivity contribution in [2.45, 2.75) is 183 Å². The molecule has 0 bridgehead atoms. The van der Waals surface area contributed by atoms with Crippen molar-refractivity contribution in [2.75, 3.05) is 26.2 Å². The molecule has 0 radical (unpaired) electrons. The fraction of sp³-hybridized carbons (Fsp3) is 0.567. The van der Waals surface area contributed by atoms with Gasteiger partial charge in [0.1, 0.15) is 60.4 Å². The normalized spacial score (nSPS) is 17.8. The van der Waals surface area contributed by atoms with Crippen molar-refractivity contribution < 1.29 is 87.9 Å². The van der Waals surface area contributed by atoms with Gasteiger partial charge in [0.15, 0.2) is 5.96 Å². The van der Waals surface area contributed by atoms with Gasteiger partial charge in [-0.15, -0.1) is 0 Å². The van der Waals surface area contributed by atoms with Gasteiger partial charge in [-0.25, -0.2) is 14.8 Å². The van der Waals surface area contributed by atoms with Gasteiger partial charge >= 0.3 is 17.9 Å². The second kappa shape index (κ2) is 37.7. The number of carboxylic acid groups (broad SMARTS) is 3. The van der Waals surface area contributed by atoms with E-state index in [9.17, 15) is 77.6 Å². The van der Waals surface area contributed by atoms with Crippen molar-refractivity contribution in [1.82, 2.24) is 72.3 Å². The number of rotatable bonds is 39. The highest BCUT2D eigenvalue weighted by Gasteiger charge is 2.43. The van der Waals surface area contributed by atoms with E-state index in [1.54, 1.807) is 44.2 Å². The van der Waals surface area contributed by atoms with Crippen LogP contribution in [0, 0.1) is 5.92 Å². The molecule has 2 aliphatic heterocycles. The molecule has 36 heteroatoms. The molecule has 2 aromatic heterocycles. The molecule has 0 spiro atoms. The summed E-state index contributed by atoms with van der Waals surface area (Å²) in [5, 5.41) is 69.9. The van der Waals surface area contributed by atoms with Gasteiger partial charge in [0.05, 0.1) is 31.4 Å². The Morgan fingerprint density at radius 2 is 1.06 bits per heavy atom. The lowest BCUT2D eigenvalue weighted by atomic mass is 9.96. The second-order valence-electron chi connectivity index (χ2n) is 23.5. The van der Waals surface area contributed by atoms with E-state index in [1.165, 1.54) is 36.9 Å². The lowest BCUT2D eigenvalue weighted by Crippen LogP contribution is -2.63. The van der Waals surface area contributed by atoms with E-state index in [0.29, 0.717) is 17.7 Å². The first kappa shape index (κ1) is 76.6. The molecule has 5 rings (SSSR count).